The Morgan fingerprint density at radius 2 is 1.78 bits per heavy atom. The SMILES string of the molecule is O=C(/C=C/c1c(Cl)nc2ccccn12)Nc1cnc(-c2ccccc2)nc1. The number of nitrogens with zero attached hydrogens (tertiary/aromatic N) is 4. The van der Waals surface area contributed by atoms with Gasteiger partial charge in [0.25, 0.3) is 0 Å². The van der Waals surface area contributed by atoms with E-state index in [0.717, 1.165) is 5.56 Å². The van der Waals surface area contributed by atoms with Gasteiger partial charge in [-0.15, -0.1) is 0 Å². The van der Waals surface area contributed by atoms with E-state index in [9.17, 15) is 4.79 Å². The third-order valence-corrected chi connectivity index (χ3v) is 4.14. The van der Waals surface area contributed by atoms with Crippen molar-refractivity contribution in [3.05, 3.63) is 84.0 Å². The number of rotatable bonds is 4. The van der Waals surface area contributed by atoms with E-state index in [-0.39, 0.29) is 5.91 Å². The summed E-state index contributed by atoms with van der Waals surface area (Å²) in [6, 6.07) is 15.2. The summed E-state index contributed by atoms with van der Waals surface area (Å²) in [7, 11) is 0. The molecule has 0 unspecified atom stereocenters. The maximum Gasteiger partial charge on any atom is 0.248 e. The summed E-state index contributed by atoms with van der Waals surface area (Å²) in [6.45, 7) is 0. The highest BCUT2D eigenvalue weighted by Crippen LogP contribution is 2.19. The number of halogens is 1. The number of aromatic nitrogens is 4. The molecule has 0 atom stereocenters. The first kappa shape index (κ1) is 16.9. The Morgan fingerprint density at radius 1 is 1.04 bits per heavy atom. The van der Waals surface area contributed by atoms with E-state index in [1.165, 1.54) is 6.08 Å². The standard InChI is InChI=1S/C20H14ClN5O/c21-19-16(26-11-5-4-8-17(26)25-19)9-10-18(27)24-15-12-22-20(23-13-15)14-6-2-1-3-7-14/h1-13H,(H,24,27)/b10-9+. The van der Waals surface area contributed by atoms with Crippen molar-refractivity contribution < 1.29 is 4.79 Å². The Bertz CT molecular complexity index is 1120. The molecule has 3 aromatic heterocycles. The number of benzene rings is 1. The van der Waals surface area contributed by atoms with Crippen molar-refractivity contribution in [3.63, 3.8) is 0 Å². The van der Waals surface area contributed by atoms with Crippen LogP contribution in [0.1, 0.15) is 5.69 Å². The first-order valence-corrected chi connectivity index (χ1v) is 8.57. The zero-order chi connectivity index (χ0) is 18.6. The molecule has 132 valence electrons. The Labute approximate surface area is 160 Å². The molecule has 6 nitrogen and oxygen atoms in total. The summed E-state index contributed by atoms with van der Waals surface area (Å²) in [5.41, 5.74) is 2.77. The Hall–Kier alpha value is -3.51. The number of hydrogen-bond donors (Lipinski definition) is 1. The highest BCUT2D eigenvalue weighted by atomic mass is 35.5. The molecule has 0 radical (unpaired) electrons. The van der Waals surface area contributed by atoms with Gasteiger partial charge < -0.3 is 5.32 Å². The van der Waals surface area contributed by atoms with Crippen LogP contribution in [0.4, 0.5) is 5.69 Å². The van der Waals surface area contributed by atoms with Crippen molar-refractivity contribution in [2.24, 2.45) is 0 Å². The normalized spacial score (nSPS) is 11.1. The van der Waals surface area contributed by atoms with E-state index >= 15 is 0 Å². The van der Waals surface area contributed by atoms with Gasteiger partial charge in [0, 0.05) is 17.8 Å². The first-order chi connectivity index (χ1) is 13.2. The first-order valence-electron chi connectivity index (χ1n) is 8.20. The number of carbonyl (C=O) groups excluding carboxylic acids is 1. The van der Waals surface area contributed by atoms with Crippen molar-refractivity contribution in [2.45, 2.75) is 0 Å². The molecule has 27 heavy (non-hydrogen) atoms. The van der Waals surface area contributed by atoms with Crippen LogP contribution in [0.15, 0.2) is 73.2 Å². The Kier molecular flexibility index (Phi) is 4.63. The van der Waals surface area contributed by atoms with Crippen LogP contribution in [0.5, 0.6) is 0 Å². The van der Waals surface area contributed by atoms with Gasteiger partial charge >= 0.3 is 0 Å². The molecule has 1 aromatic carbocycles. The summed E-state index contributed by atoms with van der Waals surface area (Å²) in [4.78, 5) is 25.0. The highest BCUT2D eigenvalue weighted by Gasteiger charge is 2.08. The molecular formula is C20H14ClN5O. The number of hydrogen-bond acceptors (Lipinski definition) is 4. The van der Waals surface area contributed by atoms with E-state index in [1.54, 1.807) is 18.5 Å². The number of fused-ring (bicyclic) bond motifs is 1. The molecular weight excluding hydrogens is 362 g/mol. The van der Waals surface area contributed by atoms with Crippen LogP contribution < -0.4 is 5.32 Å². The van der Waals surface area contributed by atoms with Crippen molar-refractivity contribution in [2.75, 3.05) is 5.32 Å². The van der Waals surface area contributed by atoms with Gasteiger partial charge in [0.1, 0.15) is 5.65 Å². The van der Waals surface area contributed by atoms with Crippen molar-refractivity contribution in [3.8, 4) is 11.4 Å². The average Bonchev–Trinajstić information content (AvgIpc) is 3.03. The van der Waals surface area contributed by atoms with Gasteiger partial charge in [-0.25, -0.2) is 15.0 Å². The van der Waals surface area contributed by atoms with E-state index in [0.29, 0.717) is 28.0 Å². The second-order valence-electron chi connectivity index (χ2n) is 5.70. The number of imidazole rings is 1. The fourth-order valence-electron chi connectivity index (χ4n) is 2.60. The van der Waals surface area contributed by atoms with Crippen LogP contribution in [0, 0.1) is 0 Å². The van der Waals surface area contributed by atoms with Gasteiger partial charge in [-0.3, -0.25) is 9.20 Å². The van der Waals surface area contributed by atoms with Crippen LogP contribution in [-0.2, 0) is 4.79 Å². The lowest BCUT2D eigenvalue weighted by atomic mass is 10.2. The van der Waals surface area contributed by atoms with Crippen molar-refractivity contribution >= 4 is 34.9 Å². The van der Waals surface area contributed by atoms with Gasteiger partial charge in [0.15, 0.2) is 11.0 Å². The van der Waals surface area contributed by atoms with Gasteiger partial charge in [-0.1, -0.05) is 48.0 Å². The fraction of sp³-hybridized carbons (Fsp3) is 0. The molecule has 4 rings (SSSR count). The van der Waals surface area contributed by atoms with Crippen LogP contribution in [0.25, 0.3) is 23.1 Å². The number of pyridine rings is 1. The second-order valence-corrected chi connectivity index (χ2v) is 6.06. The Balaban J connectivity index is 1.47. The largest absolute Gasteiger partial charge is 0.320 e. The van der Waals surface area contributed by atoms with Crippen LogP contribution in [0.3, 0.4) is 0 Å². The minimum absolute atomic E-state index is 0.312. The van der Waals surface area contributed by atoms with E-state index in [1.807, 2.05) is 59.1 Å². The average molecular weight is 376 g/mol. The monoisotopic (exact) mass is 375 g/mol. The van der Waals surface area contributed by atoms with Gasteiger partial charge in [-0.05, 0) is 18.2 Å². The van der Waals surface area contributed by atoms with Gasteiger partial charge in [0.05, 0.1) is 23.8 Å². The van der Waals surface area contributed by atoms with Crippen LogP contribution in [-0.4, -0.2) is 25.3 Å². The molecule has 7 heteroatoms. The highest BCUT2D eigenvalue weighted by molar-refractivity contribution is 6.31. The molecule has 0 aliphatic carbocycles. The topological polar surface area (TPSA) is 72.2 Å². The zero-order valence-electron chi connectivity index (χ0n) is 14.1. The van der Waals surface area contributed by atoms with Gasteiger partial charge in [-0.2, -0.15) is 0 Å². The summed E-state index contributed by atoms with van der Waals surface area (Å²) < 4.78 is 1.81. The molecule has 0 bridgehead atoms. The van der Waals surface area contributed by atoms with Gasteiger partial charge in [0.2, 0.25) is 5.91 Å². The van der Waals surface area contributed by atoms with Crippen LogP contribution in [0.2, 0.25) is 5.15 Å². The predicted molar refractivity (Wildman–Crippen MR) is 105 cm³/mol. The molecule has 0 saturated heterocycles. The zero-order valence-corrected chi connectivity index (χ0v) is 14.8. The lowest BCUT2D eigenvalue weighted by Gasteiger charge is -2.03. The fourth-order valence-corrected chi connectivity index (χ4v) is 2.84. The second kappa shape index (κ2) is 7.39. The van der Waals surface area contributed by atoms with E-state index in [2.05, 4.69) is 20.3 Å². The molecule has 0 saturated carbocycles. The Morgan fingerprint density at radius 3 is 2.56 bits per heavy atom. The summed E-state index contributed by atoms with van der Waals surface area (Å²) in [5, 5.41) is 3.06. The smallest absolute Gasteiger partial charge is 0.248 e. The molecule has 3 heterocycles. The van der Waals surface area contributed by atoms with Crippen molar-refractivity contribution in [1.82, 2.24) is 19.4 Å². The molecule has 0 spiro atoms. The maximum atomic E-state index is 12.2. The molecule has 4 aromatic rings. The van der Waals surface area contributed by atoms with E-state index in [4.69, 9.17) is 11.6 Å². The minimum Gasteiger partial charge on any atom is -0.320 e. The molecule has 0 aliphatic heterocycles. The quantitative estimate of drug-likeness (QED) is 0.545. The molecule has 0 fully saturated rings. The summed E-state index contributed by atoms with van der Waals surface area (Å²) >= 11 is 6.15. The summed E-state index contributed by atoms with van der Waals surface area (Å²) in [5.74, 6) is 0.287. The third-order valence-electron chi connectivity index (χ3n) is 3.87. The number of amides is 1. The van der Waals surface area contributed by atoms with Crippen molar-refractivity contribution in [1.29, 1.82) is 0 Å². The third kappa shape index (κ3) is 3.70. The summed E-state index contributed by atoms with van der Waals surface area (Å²) in [6.07, 6.45) is 8.00. The molecule has 0 aliphatic rings. The lowest BCUT2D eigenvalue weighted by molar-refractivity contribution is -0.111. The minimum atomic E-state index is -0.312. The van der Waals surface area contributed by atoms with Crippen LogP contribution >= 0.6 is 11.6 Å². The number of nitrogens with one attached hydrogen (secondary N) is 1. The molecule has 1 N–H and O–H groups in total. The molecule has 1 amide bonds. The van der Waals surface area contributed by atoms with E-state index < -0.39 is 0 Å². The lowest BCUT2D eigenvalue weighted by Crippen LogP contribution is -2.08. The number of anilines is 1. The predicted octanol–water partition coefficient (Wildman–Crippen LogP) is 4.10. The number of carbonyl (C=O) groups is 1. The maximum absolute atomic E-state index is 12.2.